The Morgan fingerprint density at radius 1 is 1.18 bits per heavy atom. The maximum atomic E-state index is 12.5. The van der Waals surface area contributed by atoms with Crippen molar-refractivity contribution in [3.8, 4) is 17.0 Å². The summed E-state index contributed by atoms with van der Waals surface area (Å²) in [6.45, 7) is 5.76. The van der Waals surface area contributed by atoms with E-state index in [2.05, 4.69) is 15.5 Å². The summed E-state index contributed by atoms with van der Waals surface area (Å²) in [5.41, 5.74) is 4.37. The van der Waals surface area contributed by atoms with Gasteiger partial charge in [0.2, 0.25) is 5.91 Å². The molecule has 0 radical (unpaired) electrons. The van der Waals surface area contributed by atoms with Crippen LogP contribution in [0.4, 0.5) is 10.8 Å². The van der Waals surface area contributed by atoms with Crippen molar-refractivity contribution >= 4 is 28.1 Å². The molecule has 0 fully saturated rings. The number of amides is 1. The summed E-state index contributed by atoms with van der Waals surface area (Å²) in [6.07, 6.45) is 0.176. The molecule has 0 atom stereocenters. The summed E-state index contributed by atoms with van der Waals surface area (Å²) in [5, 5.41) is 20.1. The van der Waals surface area contributed by atoms with Gasteiger partial charge in [-0.2, -0.15) is 0 Å². The van der Waals surface area contributed by atoms with Gasteiger partial charge in [-0.3, -0.25) is 14.9 Å². The van der Waals surface area contributed by atoms with Crippen LogP contribution in [0, 0.1) is 30.9 Å². The lowest BCUT2D eigenvalue weighted by Crippen LogP contribution is -2.14. The zero-order valence-corrected chi connectivity index (χ0v) is 19.6. The smallest absolute Gasteiger partial charge is 0.272 e. The van der Waals surface area contributed by atoms with Crippen molar-refractivity contribution in [3.05, 3.63) is 86.1 Å². The topological polar surface area (TPSA) is 120 Å². The third-order valence-corrected chi connectivity index (χ3v) is 6.06. The summed E-state index contributed by atoms with van der Waals surface area (Å²) in [4.78, 5) is 27.6. The van der Waals surface area contributed by atoms with Crippen LogP contribution in [0.2, 0.25) is 0 Å². The van der Waals surface area contributed by atoms with Crippen molar-refractivity contribution in [1.82, 2.24) is 10.1 Å². The Morgan fingerprint density at radius 2 is 1.94 bits per heavy atom. The fraction of sp³-hybridized carbons (Fsp3) is 0.208. The molecule has 1 amide bonds. The van der Waals surface area contributed by atoms with E-state index in [-0.39, 0.29) is 18.0 Å². The molecule has 174 valence electrons. The number of nitrogens with one attached hydrogen (secondary N) is 1. The molecule has 0 saturated carbocycles. The molecule has 2 aromatic carbocycles. The number of hydrogen-bond donors (Lipinski definition) is 1. The van der Waals surface area contributed by atoms with Crippen LogP contribution in [0.15, 0.2) is 52.4 Å². The van der Waals surface area contributed by atoms with Crippen LogP contribution in [0.1, 0.15) is 28.1 Å². The number of aromatic nitrogens is 2. The third-order valence-electron chi connectivity index (χ3n) is 5.30. The maximum Gasteiger partial charge on any atom is 0.272 e. The van der Waals surface area contributed by atoms with Crippen LogP contribution in [0.5, 0.6) is 5.75 Å². The predicted molar refractivity (Wildman–Crippen MR) is 128 cm³/mol. The van der Waals surface area contributed by atoms with Gasteiger partial charge in [0.1, 0.15) is 18.1 Å². The van der Waals surface area contributed by atoms with Gasteiger partial charge in [0.25, 0.3) is 5.69 Å². The number of ether oxygens (including phenoxy) is 1. The highest BCUT2D eigenvalue weighted by Crippen LogP contribution is 2.29. The van der Waals surface area contributed by atoms with Gasteiger partial charge in [-0.25, -0.2) is 4.98 Å². The summed E-state index contributed by atoms with van der Waals surface area (Å²) < 4.78 is 10.9. The molecule has 0 aliphatic rings. The summed E-state index contributed by atoms with van der Waals surface area (Å²) in [6, 6.07) is 12.2. The summed E-state index contributed by atoms with van der Waals surface area (Å²) >= 11 is 1.27. The first-order valence-electron chi connectivity index (χ1n) is 10.4. The average molecular weight is 479 g/mol. The third kappa shape index (κ3) is 5.29. The molecular weight excluding hydrogens is 456 g/mol. The minimum absolute atomic E-state index is 0.0372. The highest BCUT2D eigenvalue weighted by atomic mass is 32.1. The standard InChI is InChI=1S/C24H22N4O5S/c1-14-4-7-18(11-22(14)28(30)31)21-13-34-24(25-21)26-23(29)10-17-5-8-19(9-6-17)32-12-20-15(2)27-33-16(20)3/h4-9,11,13H,10,12H2,1-3H3,(H,25,26,29). The maximum absolute atomic E-state index is 12.5. The van der Waals surface area contributed by atoms with Crippen molar-refractivity contribution in [3.63, 3.8) is 0 Å². The Hall–Kier alpha value is -4.05. The van der Waals surface area contributed by atoms with Crippen molar-refractivity contribution in [1.29, 1.82) is 0 Å². The van der Waals surface area contributed by atoms with Gasteiger partial charge in [0.15, 0.2) is 5.13 Å². The van der Waals surface area contributed by atoms with Gasteiger partial charge >= 0.3 is 0 Å². The first kappa shape index (κ1) is 23.1. The number of carbonyl (C=O) groups excluding carboxylic acids is 1. The highest BCUT2D eigenvalue weighted by Gasteiger charge is 2.15. The van der Waals surface area contributed by atoms with E-state index in [1.165, 1.54) is 17.4 Å². The molecule has 2 aromatic heterocycles. The molecule has 34 heavy (non-hydrogen) atoms. The Balaban J connectivity index is 1.34. The number of nitrogens with zero attached hydrogens (tertiary/aromatic N) is 3. The molecule has 0 unspecified atom stereocenters. The van der Waals surface area contributed by atoms with Gasteiger partial charge in [-0.05, 0) is 38.5 Å². The molecule has 1 N–H and O–H groups in total. The van der Waals surface area contributed by atoms with Gasteiger partial charge in [-0.1, -0.05) is 29.4 Å². The average Bonchev–Trinajstić information content (AvgIpc) is 3.39. The van der Waals surface area contributed by atoms with Crippen LogP contribution >= 0.6 is 11.3 Å². The number of rotatable bonds is 8. The highest BCUT2D eigenvalue weighted by molar-refractivity contribution is 7.14. The van der Waals surface area contributed by atoms with E-state index in [0.717, 1.165) is 22.6 Å². The first-order chi connectivity index (χ1) is 16.3. The van der Waals surface area contributed by atoms with Gasteiger partial charge < -0.3 is 14.6 Å². The zero-order valence-electron chi connectivity index (χ0n) is 18.8. The Kier molecular flexibility index (Phi) is 6.69. The lowest BCUT2D eigenvalue weighted by molar-refractivity contribution is -0.385. The van der Waals surface area contributed by atoms with Crippen LogP contribution in [0.3, 0.4) is 0 Å². The molecule has 4 rings (SSSR count). The molecule has 0 aliphatic heterocycles. The van der Waals surface area contributed by atoms with Crippen LogP contribution in [0.25, 0.3) is 11.3 Å². The fourth-order valence-electron chi connectivity index (χ4n) is 3.35. The molecule has 0 bridgehead atoms. The minimum Gasteiger partial charge on any atom is -0.489 e. The monoisotopic (exact) mass is 478 g/mol. The fourth-order valence-corrected chi connectivity index (χ4v) is 4.08. The molecular formula is C24H22N4O5S. The molecule has 0 spiro atoms. The Morgan fingerprint density at radius 3 is 2.62 bits per heavy atom. The lowest BCUT2D eigenvalue weighted by atomic mass is 10.1. The van der Waals surface area contributed by atoms with Crippen LogP contribution in [-0.4, -0.2) is 21.0 Å². The normalized spacial score (nSPS) is 10.8. The molecule has 9 nitrogen and oxygen atoms in total. The van der Waals surface area contributed by atoms with Crippen LogP contribution < -0.4 is 10.1 Å². The van der Waals surface area contributed by atoms with E-state index in [0.29, 0.717) is 34.3 Å². The lowest BCUT2D eigenvalue weighted by Gasteiger charge is -2.07. The van der Waals surface area contributed by atoms with E-state index in [1.54, 1.807) is 24.4 Å². The number of anilines is 1. The SMILES string of the molecule is Cc1ccc(-c2csc(NC(=O)Cc3ccc(OCc4c(C)noc4C)cc3)n2)cc1[N+](=O)[O-]. The van der Waals surface area contributed by atoms with E-state index in [4.69, 9.17) is 9.26 Å². The van der Waals surface area contributed by atoms with E-state index >= 15 is 0 Å². The van der Waals surface area contributed by atoms with Crippen molar-refractivity contribution < 1.29 is 19.0 Å². The zero-order chi connectivity index (χ0) is 24.2. The van der Waals surface area contributed by atoms with E-state index in [9.17, 15) is 14.9 Å². The molecule has 4 aromatic rings. The second-order valence-corrected chi connectivity index (χ2v) is 8.61. The number of hydrogen-bond acceptors (Lipinski definition) is 8. The van der Waals surface area contributed by atoms with Gasteiger partial charge in [0, 0.05) is 22.6 Å². The number of benzene rings is 2. The Labute approximate surface area is 199 Å². The summed E-state index contributed by atoms with van der Waals surface area (Å²) in [5.74, 6) is 1.21. The number of carbonyl (C=O) groups is 1. The van der Waals surface area contributed by atoms with E-state index < -0.39 is 4.92 Å². The Bertz CT molecular complexity index is 1320. The summed E-state index contributed by atoms with van der Waals surface area (Å²) in [7, 11) is 0. The minimum atomic E-state index is -0.416. The van der Waals surface area contributed by atoms with Crippen molar-refractivity contribution in [2.75, 3.05) is 5.32 Å². The van der Waals surface area contributed by atoms with Gasteiger partial charge in [-0.15, -0.1) is 11.3 Å². The van der Waals surface area contributed by atoms with Crippen LogP contribution in [-0.2, 0) is 17.8 Å². The number of nitro benzene ring substituents is 1. The van der Waals surface area contributed by atoms with E-state index in [1.807, 2.05) is 38.1 Å². The van der Waals surface area contributed by atoms with Crippen molar-refractivity contribution in [2.24, 2.45) is 0 Å². The van der Waals surface area contributed by atoms with Crippen molar-refractivity contribution in [2.45, 2.75) is 33.8 Å². The molecule has 2 heterocycles. The molecule has 10 heteroatoms. The predicted octanol–water partition coefficient (Wildman–Crippen LogP) is 5.39. The second-order valence-electron chi connectivity index (χ2n) is 7.76. The second kappa shape index (κ2) is 9.84. The number of aryl methyl sites for hydroxylation is 3. The first-order valence-corrected chi connectivity index (χ1v) is 11.3. The largest absolute Gasteiger partial charge is 0.489 e. The number of nitro groups is 1. The molecule has 0 saturated heterocycles. The quantitative estimate of drug-likeness (QED) is 0.266. The number of thiazole rings is 1. The van der Waals surface area contributed by atoms with Gasteiger partial charge in [0.05, 0.1) is 28.3 Å². The molecule has 0 aliphatic carbocycles.